The van der Waals surface area contributed by atoms with E-state index >= 15 is 0 Å². The Kier molecular flexibility index (Phi) is 4.04. The fraction of sp³-hybridized carbons (Fsp3) is 0.824. The van der Waals surface area contributed by atoms with Gasteiger partial charge in [0.25, 0.3) is 0 Å². The zero-order valence-electron chi connectivity index (χ0n) is 12.4. The Morgan fingerprint density at radius 3 is 2.45 bits per heavy atom. The molecule has 2 fully saturated rings. The highest BCUT2D eigenvalue weighted by Gasteiger charge is 2.42. The van der Waals surface area contributed by atoms with E-state index in [2.05, 4.69) is 6.92 Å². The lowest BCUT2D eigenvalue weighted by Gasteiger charge is -2.38. The topological polar surface area (TPSA) is 46.5 Å². The van der Waals surface area contributed by atoms with E-state index < -0.39 is 0 Å². The van der Waals surface area contributed by atoms with Crippen molar-refractivity contribution in [3.63, 3.8) is 0 Å². The van der Waals surface area contributed by atoms with Crippen LogP contribution < -0.4 is 0 Å². The summed E-state index contributed by atoms with van der Waals surface area (Å²) >= 11 is 0. The van der Waals surface area contributed by atoms with Crippen LogP contribution in [0, 0.1) is 17.8 Å². The summed E-state index contributed by atoms with van der Waals surface area (Å²) in [6.07, 6.45) is 10.2. The summed E-state index contributed by atoms with van der Waals surface area (Å²) < 4.78 is 5.63. The van der Waals surface area contributed by atoms with Gasteiger partial charge in [0, 0.05) is 0 Å². The highest BCUT2D eigenvalue weighted by Crippen LogP contribution is 2.42. The normalized spacial score (nSPS) is 33.5. The maximum atomic E-state index is 12.3. The van der Waals surface area contributed by atoms with Crippen molar-refractivity contribution in [2.75, 3.05) is 0 Å². The van der Waals surface area contributed by atoms with Crippen LogP contribution in [0.4, 0.5) is 0 Å². The molecule has 20 heavy (non-hydrogen) atoms. The summed E-state index contributed by atoms with van der Waals surface area (Å²) in [6.45, 7) is 2.10. The lowest BCUT2D eigenvalue weighted by Crippen LogP contribution is -2.39. The van der Waals surface area contributed by atoms with Gasteiger partial charge in [-0.3, -0.25) is 0 Å². The molecule has 3 rings (SSSR count). The van der Waals surface area contributed by atoms with Gasteiger partial charge in [-0.1, -0.05) is 32.6 Å². The second kappa shape index (κ2) is 5.79. The van der Waals surface area contributed by atoms with E-state index in [1.165, 1.54) is 32.1 Å². The van der Waals surface area contributed by atoms with Crippen molar-refractivity contribution in [2.45, 2.75) is 70.8 Å². The summed E-state index contributed by atoms with van der Waals surface area (Å²) in [5, 5.41) is 10.6. The lowest BCUT2D eigenvalue weighted by molar-refractivity contribution is -0.153. The number of aliphatic hydroxyl groups excluding tert-OH is 1. The Hall–Kier alpha value is -0.990. The van der Waals surface area contributed by atoms with Gasteiger partial charge in [0.15, 0.2) is 0 Å². The van der Waals surface area contributed by atoms with Gasteiger partial charge in [-0.25, -0.2) is 4.79 Å². The quantitative estimate of drug-likeness (QED) is 0.772. The second-order valence-corrected chi connectivity index (χ2v) is 6.82. The number of hydrogen-bond acceptors (Lipinski definition) is 3. The second-order valence-electron chi connectivity index (χ2n) is 6.82. The van der Waals surface area contributed by atoms with Crippen LogP contribution in [-0.4, -0.2) is 17.2 Å². The molecule has 0 bridgehead atoms. The number of aliphatic hydroxyl groups is 1. The fourth-order valence-corrected chi connectivity index (χ4v) is 4.35. The van der Waals surface area contributed by atoms with Crippen LogP contribution in [0.1, 0.15) is 64.7 Å². The molecular weight excluding hydrogens is 252 g/mol. The van der Waals surface area contributed by atoms with Crippen LogP contribution in [0.3, 0.4) is 0 Å². The van der Waals surface area contributed by atoms with Gasteiger partial charge in [-0.2, -0.15) is 0 Å². The summed E-state index contributed by atoms with van der Waals surface area (Å²) in [4.78, 5) is 12.3. The van der Waals surface area contributed by atoms with Gasteiger partial charge in [0.1, 0.15) is 11.9 Å². The van der Waals surface area contributed by atoms with Crippen molar-refractivity contribution in [3.05, 3.63) is 11.3 Å². The Labute approximate surface area is 121 Å². The molecule has 1 N–H and O–H groups in total. The molecule has 0 saturated heterocycles. The summed E-state index contributed by atoms with van der Waals surface area (Å²) in [5.41, 5.74) is 0.597. The number of fused-ring (bicyclic) bond motifs is 1. The zero-order chi connectivity index (χ0) is 14.1. The minimum atomic E-state index is -0.247. The maximum absolute atomic E-state index is 12.3. The van der Waals surface area contributed by atoms with Crippen molar-refractivity contribution in [1.82, 2.24) is 0 Å². The van der Waals surface area contributed by atoms with Gasteiger partial charge >= 0.3 is 5.97 Å². The monoisotopic (exact) mass is 278 g/mol. The molecular formula is C17H26O3. The molecule has 0 radical (unpaired) electrons. The number of ether oxygens (including phenoxy) is 1. The molecule has 3 nitrogen and oxygen atoms in total. The van der Waals surface area contributed by atoms with E-state index in [-0.39, 0.29) is 23.9 Å². The first-order valence-corrected chi connectivity index (χ1v) is 8.32. The average Bonchev–Trinajstić information content (AvgIpc) is 2.48. The third-order valence-corrected chi connectivity index (χ3v) is 5.62. The molecule has 3 unspecified atom stereocenters. The molecule has 0 aromatic heterocycles. The van der Waals surface area contributed by atoms with Crippen LogP contribution in [-0.2, 0) is 9.53 Å². The van der Waals surface area contributed by atoms with Crippen molar-refractivity contribution in [1.29, 1.82) is 0 Å². The van der Waals surface area contributed by atoms with Gasteiger partial charge in [-0.15, -0.1) is 0 Å². The van der Waals surface area contributed by atoms with Gasteiger partial charge in [0.2, 0.25) is 0 Å². The molecule has 1 heterocycles. The van der Waals surface area contributed by atoms with E-state index in [4.69, 9.17) is 4.74 Å². The zero-order valence-corrected chi connectivity index (χ0v) is 12.4. The van der Waals surface area contributed by atoms with E-state index in [0.29, 0.717) is 17.3 Å². The van der Waals surface area contributed by atoms with Crippen LogP contribution in [0.5, 0.6) is 0 Å². The molecule has 2 aliphatic carbocycles. The predicted octanol–water partition coefficient (Wildman–Crippen LogP) is 4.13. The Balaban J connectivity index is 1.83. The Morgan fingerprint density at radius 1 is 1.05 bits per heavy atom. The smallest absolute Gasteiger partial charge is 0.338 e. The molecule has 1 aliphatic heterocycles. The molecule has 0 spiro atoms. The van der Waals surface area contributed by atoms with E-state index in [1.807, 2.05) is 0 Å². The van der Waals surface area contributed by atoms with E-state index in [9.17, 15) is 9.90 Å². The fourth-order valence-electron chi connectivity index (χ4n) is 4.35. The number of hydrogen-bond donors (Lipinski definition) is 1. The van der Waals surface area contributed by atoms with Gasteiger partial charge in [-0.05, 0) is 43.9 Å². The highest BCUT2D eigenvalue weighted by atomic mass is 16.5. The SMILES string of the molecule is CC(C1=C(O)C2CCCCC2OC1=O)C1CCCCC1. The van der Waals surface area contributed by atoms with Gasteiger partial charge < -0.3 is 9.84 Å². The molecule has 3 aliphatic rings. The third-order valence-electron chi connectivity index (χ3n) is 5.62. The lowest BCUT2D eigenvalue weighted by atomic mass is 9.74. The minimum absolute atomic E-state index is 0.0708. The molecule has 0 aromatic carbocycles. The first-order chi connectivity index (χ1) is 9.68. The summed E-state index contributed by atoms with van der Waals surface area (Å²) in [5.74, 6) is 0.870. The number of esters is 1. The van der Waals surface area contributed by atoms with Crippen molar-refractivity contribution < 1.29 is 14.6 Å². The number of carbonyl (C=O) groups is 1. The first-order valence-electron chi connectivity index (χ1n) is 8.32. The van der Waals surface area contributed by atoms with Crippen LogP contribution >= 0.6 is 0 Å². The summed E-state index contributed by atoms with van der Waals surface area (Å²) in [7, 11) is 0. The standard InChI is InChI=1S/C17H26O3/c1-11(12-7-3-2-4-8-12)15-16(18)13-9-5-6-10-14(13)20-17(15)19/h11-14,18H,2-10H2,1H3. The van der Waals surface area contributed by atoms with Crippen LogP contribution in [0.15, 0.2) is 11.3 Å². The largest absolute Gasteiger partial charge is 0.511 e. The van der Waals surface area contributed by atoms with Crippen molar-refractivity contribution >= 4 is 5.97 Å². The average molecular weight is 278 g/mol. The third kappa shape index (κ3) is 2.47. The van der Waals surface area contributed by atoms with Crippen molar-refractivity contribution in [2.24, 2.45) is 17.8 Å². The van der Waals surface area contributed by atoms with E-state index in [0.717, 1.165) is 25.7 Å². The first kappa shape index (κ1) is 14.0. The molecule has 0 aromatic rings. The predicted molar refractivity (Wildman–Crippen MR) is 77.2 cm³/mol. The molecule has 112 valence electrons. The minimum Gasteiger partial charge on any atom is -0.511 e. The van der Waals surface area contributed by atoms with Crippen LogP contribution in [0.25, 0.3) is 0 Å². The van der Waals surface area contributed by atoms with Crippen molar-refractivity contribution in [3.8, 4) is 0 Å². The molecule has 0 amide bonds. The number of carbonyl (C=O) groups excluding carboxylic acids is 1. The Bertz CT molecular complexity index is 406. The molecule has 3 heteroatoms. The maximum Gasteiger partial charge on any atom is 0.338 e. The molecule has 3 atom stereocenters. The van der Waals surface area contributed by atoms with Crippen LogP contribution in [0.2, 0.25) is 0 Å². The number of rotatable bonds is 2. The van der Waals surface area contributed by atoms with E-state index in [1.54, 1.807) is 0 Å². The molecule has 2 saturated carbocycles. The van der Waals surface area contributed by atoms with Gasteiger partial charge in [0.05, 0.1) is 11.5 Å². The summed E-state index contributed by atoms with van der Waals surface area (Å²) in [6, 6.07) is 0. The highest BCUT2D eigenvalue weighted by molar-refractivity contribution is 5.90. The Morgan fingerprint density at radius 2 is 1.70 bits per heavy atom.